The minimum absolute atomic E-state index is 0.395. The van der Waals surface area contributed by atoms with E-state index in [-0.39, 0.29) is 0 Å². The average Bonchev–Trinajstić information content (AvgIpc) is 2.83. The molecule has 0 radical (unpaired) electrons. The van der Waals surface area contributed by atoms with E-state index in [1.165, 1.54) is 31.4 Å². The first-order valence-corrected chi connectivity index (χ1v) is 7.85. The van der Waals surface area contributed by atoms with Gasteiger partial charge in [0.05, 0.1) is 16.7 Å². The molecule has 0 bridgehead atoms. The Morgan fingerprint density at radius 3 is 2.83 bits per heavy atom. The molecule has 1 fully saturated rings. The molecule has 18 heavy (non-hydrogen) atoms. The largest absolute Gasteiger partial charge is 0.330 e. The molecule has 0 spiro atoms. The lowest BCUT2D eigenvalue weighted by Gasteiger charge is -2.40. The van der Waals surface area contributed by atoms with Gasteiger partial charge in [-0.25, -0.2) is 4.98 Å². The van der Waals surface area contributed by atoms with E-state index in [0.29, 0.717) is 18.0 Å². The minimum Gasteiger partial charge on any atom is -0.330 e. The van der Waals surface area contributed by atoms with Gasteiger partial charge in [0.15, 0.2) is 0 Å². The Morgan fingerprint density at radius 1 is 1.50 bits per heavy atom. The van der Waals surface area contributed by atoms with Crippen LogP contribution in [-0.2, 0) is 0 Å². The monoisotopic (exact) mass is 267 g/mol. The van der Waals surface area contributed by atoms with Gasteiger partial charge < -0.3 is 5.73 Å². The smallest absolute Gasteiger partial charge is 0.0898 e. The van der Waals surface area contributed by atoms with Crippen LogP contribution in [0.1, 0.15) is 49.4 Å². The second-order valence-corrected chi connectivity index (χ2v) is 6.54. The summed E-state index contributed by atoms with van der Waals surface area (Å²) >= 11 is 1.74. The van der Waals surface area contributed by atoms with Crippen LogP contribution in [0.15, 0.2) is 5.38 Å². The molecule has 1 aliphatic rings. The molecule has 1 heterocycles. The Morgan fingerprint density at radius 2 is 2.22 bits per heavy atom. The normalized spacial score (nSPS) is 26.5. The number of hydrogen-bond donors (Lipinski definition) is 1. The lowest BCUT2D eigenvalue weighted by molar-refractivity contribution is 0.0974. The van der Waals surface area contributed by atoms with E-state index < -0.39 is 0 Å². The van der Waals surface area contributed by atoms with Crippen molar-refractivity contribution in [2.24, 2.45) is 11.7 Å². The maximum atomic E-state index is 5.93. The summed E-state index contributed by atoms with van der Waals surface area (Å²) in [6, 6.07) is 1.02. The molecule has 2 N–H and O–H groups in total. The van der Waals surface area contributed by atoms with Gasteiger partial charge in [-0.15, -0.1) is 11.3 Å². The highest BCUT2D eigenvalue weighted by atomic mass is 32.1. The van der Waals surface area contributed by atoms with Crippen molar-refractivity contribution in [3.8, 4) is 0 Å². The molecule has 1 aromatic rings. The molecular formula is C14H25N3S. The van der Waals surface area contributed by atoms with Crippen LogP contribution in [0.3, 0.4) is 0 Å². The van der Waals surface area contributed by atoms with Crippen molar-refractivity contribution in [2.45, 2.75) is 51.6 Å². The van der Waals surface area contributed by atoms with Crippen LogP contribution < -0.4 is 5.73 Å². The molecule has 1 saturated carbocycles. The van der Waals surface area contributed by atoms with Gasteiger partial charge in [0.1, 0.15) is 0 Å². The quantitative estimate of drug-likeness (QED) is 0.912. The Kier molecular flexibility index (Phi) is 4.76. The lowest BCUT2D eigenvalue weighted by atomic mass is 9.83. The summed E-state index contributed by atoms with van der Waals surface area (Å²) in [4.78, 5) is 7.11. The van der Waals surface area contributed by atoms with Crippen molar-refractivity contribution in [1.82, 2.24) is 9.88 Å². The predicted octanol–water partition coefficient (Wildman–Crippen LogP) is 2.96. The minimum atomic E-state index is 0.395. The first-order chi connectivity index (χ1) is 8.63. The van der Waals surface area contributed by atoms with Gasteiger partial charge in [-0.1, -0.05) is 12.8 Å². The third-order valence-electron chi connectivity index (χ3n) is 4.37. The van der Waals surface area contributed by atoms with Gasteiger partial charge in [0.25, 0.3) is 0 Å². The summed E-state index contributed by atoms with van der Waals surface area (Å²) in [6.07, 6.45) is 5.25. The van der Waals surface area contributed by atoms with E-state index in [9.17, 15) is 0 Å². The third-order valence-corrected chi connectivity index (χ3v) is 5.16. The molecular weight excluding hydrogens is 242 g/mol. The standard InChI is InChI=1S/C14H25N3S/c1-10(13-9-18-11(2)16-13)17(3)14-7-5-4-6-12(14)8-15/h9-10,12,14H,4-8,15H2,1-3H3. The van der Waals surface area contributed by atoms with Gasteiger partial charge in [0, 0.05) is 11.4 Å². The Bertz CT molecular complexity index is 377. The average molecular weight is 267 g/mol. The van der Waals surface area contributed by atoms with E-state index in [0.717, 1.165) is 11.6 Å². The highest BCUT2D eigenvalue weighted by Crippen LogP contribution is 2.32. The third kappa shape index (κ3) is 2.92. The first kappa shape index (κ1) is 14.0. The zero-order valence-electron chi connectivity index (χ0n) is 11.7. The topological polar surface area (TPSA) is 42.2 Å². The van der Waals surface area contributed by atoms with Crippen LogP contribution >= 0.6 is 11.3 Å². The van der Waals surface area contributed by atoms with Crippen molar-refractivity contribution in [3.05, 3.63) is 16.1 Å². The van der Waals surface area contributed by atoms with Crippen LogP contribution in [0.4, 0.5) is 0 Å². The predicted molar refractivity (Wildman–Crippen MR) is 77.8 cm³/mol. The molecule has 1 aromatic heterocycles. The first-order valence-electron chi connectivity index (χ1n) is 6.97. The van der Waals surface area contributed by atoms with Crippen molar-refractivity contribution < 1.29 is 0 Å². The van der Waals surface area contributed by atoms with Crippen LogP contribution in [0.2, 0.25) is 0 Å². The van der Waals surface area contributed by atoms with Crippen LogP contribution in [0, 0.1) is 12.8 Å². The van der Waals surface area contributed by atoms with Crippen LogP contribution in [-0.4, -0.2) is 29.5 Å². The number of nitrogens with two attached hydrogens (primary N) is 1. The maximum Gasteiger partial charge on any atom is 0.0898 e. The summed E-state index contributed by atoms with van der Waals surface area (Å²) in [6.45, 7) is 5.15. The molecule has 1 aliphatic carbocycles. The van der Waals surface area contributed by atoms with Gasteiger partial charge in [-0.3, -0.25) is 4.90 Å². The SMILES string of the molecule is Cc1nc(C(C)N(C)C2CCCCC2CN)cs1. The Hall–Kier alpha value is -0.450. The molecule has 3 atom stereocenters. The van der Waals surface area contributed by atoms with Crippen LogP contribution in [0.5, 0.6) is 0 Å². The molecule has 0 saturated heterocycles. The molecule has 4 heteroatoms. The summed E-state index contributed by atoms with van der Waals surface area (Å²) in [5, 5.41) is 3.35. The fourth-order valence-electron chi connectivity index (χ4n) is 3.07. The highest BCUT2D eigenvalue weighted by molar-refractivity contribution is 7.09. The number of hydrogen-bond acceptors (Lipinski definition) is 4. The highest BCUT2D eigenvalue weighted by Gasteiger charge is 2.30. The second-order valence-electron chi connectivity index (χ2n) is 5.48. The zero-order chi connectivity index (χ0) is 13.1. The summed E-state index contributed by atoms with van der Waals surface area (Å²) in [7, 11) is 2.23. The van der Waals surface area contributed by atoms with E-state index in [4.69, 9.17) is 5.73 Å². The van der Waals surface area contributed by atoms with Gasteiger partial charge in [-0.05, 0) is 46.2 Å². The second kappa shape index (κ2) is 6.13. The molecule has 0 aromatic carbocycles. The number of nitrogens with zero attached hydrogens (tertiary/aromatic N) is 2. The number of aryl methyl sites for hydroxylation is 1. The summed E-state index contributed by atoms with van der Waals surface area (Å²) in [5.41, 5.74) is 7.14. The van der Waals surface area contributed by atoms with Crippen molar-refractivity contribution >= 4 is 11.3 Å². The summed E-state index contributed by atoms with van der Waals surface area (Å²) < 4.78 is 0. The maximum absolute atomic E-state index is 5.93. The summed E-state index contributed by atoms with van der Waals surface area (Å²) in [5.74, 6) is 0.658. The Labute approximate surface area is 114 Å². The zero-order valence-corrected chi connectivity index (χ0v) is 12.5. The van der Waals surface area contributed by atoms with E-state index in [2.05, 4.69) is 36.2 Å². The molecule has 2 rings (SSSR count). The molecule has 3 unspecified atom stereocenters. The van der Waals surface area contributed by atoms with E-state index in [1.54, 1.807) is 11.3 Å². The Balaban J connectivity index is 2.07. The molecule has 102 valence electrons. The van der Waals surface area contributed by atoms with E-state index in [1.807, 2.05) is 0 Å². The van der Waals surface area contributed by atoms with Crippen molar-refractivity contribution in [3.63, 3.8) is 0 Å². The molecule has 0 amide bonds. The molecule has 0 aliphatic heterocycles. The van der Waals surface area contributed by atoms with Crippen LogP contribution in [0.25, 0.3) is 0 Å². The number of aromatic nitrogens is 1. The van der Waals surface area contributed by atoms with Crippen molar-refractivity contribution in [1.29, 1.82) is 0 Å². The van der Waals surface area contributed by atoms with Gasteiger partial charge in [0.2, 0.25) is 0 Å². The number of rotatable bonds is 4. The number of thiazole rings is 1. The van der Waals surface area contributed by atoms with Crippen molar-refractivity contribution in [2.75, 3.05) is 13.6 Å². The lowest BCUT2D eigenvalue weighted by Crippen LogP contribution is -2.44. The fourth-order valence-corrected chi connectivity index (χ4v) is 3.77. The van der Waals surface area contributed by atoms with Gasteiger partial charge in [-0.2, -0.15) is 0 Å². The van der Waals surface area contributed by atoms with E-state index >= 15 is 0 Å². The molecule has 3 nitrogen and oxygen atoms in total. The van der Waals surface area contributed by atoms with Gasteiger partial charge >= 0.3 is 0 Å². The fraction of sp³-hybridized carbons (Fsp3) is 0.786.